The summed E-state index contributed by atoms with van der Waals surface area (Å²) in [7, 11) is 5.71. The van der Waals surface area contributed by atoms with E-state index < -0.39 is 0 Å². The molecule has 0 radical (unpaired) electrons. The number of phenolic OH excluding ortho intramolecular Hbond substituents is 1. The van der Waals surface area contributed by atoms with Crippen molar-refractivity contribution < 1.29 is 9.84 Å². The minimum Gasteiger partial charge on any atom is -0.507 e. The van der Waals surface area contributed by atoms with E-state index in [1.165, 1.54) is 0 Å². The topological polar surface area (TPSA) is 45.1 Å². The van der Waals surface area contributed by atoms with E-state index >= 15 is 0 Å². The highest BCUT2D eigenvalue weighted by atomic mass is 79.9. The number of hydrogen-bond donors (Lipinski definition) is 1. The summed E-state index contributed by atoms with van der Waals surface area (Å²) in [6.45, 7) is 0.569. The summed E-state index contributed by atoms with van der Waals surface area (Å²) in [5.41, 5.74) is 1.78. The lowest BCUT2D eigenvalue weighted by Gasteiger charge is -2.24. The first-order valence-corrected chi connectivity index (χ1v) is 8.10. The van der Waals surface area contributed by atoms with Crippen LogP contribution in [0.4, 0.5) is 0 Å². The maximum atomic E-state index is 9.87. The minimum absolute atomic E-state index is 0.0942. The molecule has 0 unspecified atom stereocenters. The summed E-state index contributed by atoms with van der Waals surface area (Å²) in [6, 6.07) is 13.3. The summed E-state index contributed by atoms with van der Waals surface area (Å²) in [4.78, 5) is 6.62. The van der Waals surface area contributed by atoms with Gasteiger partial charge in [-0.05, 0) is 38.4 Å². The number of para-hydroxylation sites is 1. The maximum Gasteiger partial charge on any atom is 0.124 e. The molecule has 2 rings (SSSR count). The molecule has 2 aromatic carbocycles. The number of aliphatic imine (C=N–C) groups is 1. The third kappa shape index (κ3) is 4.56. The van der Waals surface area contributed by atoms with Crippen LogP contribution in [0.25, 0.3) is 0 Å². The Balaban J connectivity index is 2.20. The fourth-order valence-electron chi connectivity index (χ4n) is 2.36. The number of nitrogens with zero attached hydrogens (tertiary/aromatic N) is 2. The van der Waals surface area contributed by atoms with E-state index in [1.807, 2.05) is 38.4 Å². The number of phenols is 1. The summed E-state index contributed by atoms with van der Waals surface area (Å²) in [5, 5.41) is 9.87. The first kappa shape index (κ1) is 17.5. The van der Waals surface area contributed by atoms with Gasteiger partial charge in [0.1, 0.15) is 11.5 Å². The molecule has 0 saturated carbocycles. The van der Waals surface area contributed by atoms with Crippen LogP contribution >= 0.6 is 15.9 Å². The molecule has 0 amide bonds. The lowest BCUT2D eigenvalue weighted by atomic mass is 10.0. The van der Waals surface area contributed by atoms with Gasteiger partial charge < -0.3 is 14.7 Å². The fourth-order valence-corrected chi connectivity index (χ4v) is 2.74. The van der Waals surface area contributed by atoms with Crippen LogP contribution in [0.5, 0.6) is 11.5 Å². The molecule has 0 bridgehead atoms. The lowest BCUT2D eigenvalue weighted by molar-refractivity contribution is 0.295. The highest BCUT2D eigenvalue weighted by Gasteiger charge is 2.17. The third-order valence-corrected chi connectivity index (χ3v) is 4.11. The minimum atomic E-state index is 0.0942. The van der Waals surface area contributed by atoms with E-state index in [0.29, 0.717) is 12.1 Å². The molecule has 1 atom stereocenters. The van der Waals surface area contributed by atoms with Crippen molar-refractivity contribution in [2.45, 2.75) is 6.04 Å². The molecular weight excluding hydrogens is 356 g/mol. The second-order valence-electron chi connectivity index (χ2n) is 5.42. The van der Waals surface area contributed by atoms with E-state index in [2.05, 4.69) is 31.9 Å². The molecule has 0 aliphatic heterocycles. The Kier molecular flexibility index (Phi) is 6.19. The average molecular weight is 377 g/mol. The van der Waals surface area contributed by atoms with Gasteiger partial charge in [0.15, 0.2) is 0 Å². The summed E-state index contributed by atoms with van der Waals surface area (Å²) in [6.07, 6.45) is 1.70. The third-order valence-electron chi connectivity index (χ3n) is 3.62. The van der Waals surface area contributed by atoms with Gasteiger partial charge in [0.25, 0.3) is 0 Å². The standard InChI is InChI=1S/C18H21BrN2O2/c1-21(2)16(15-6-4-5-7-18(15)23-3)12-20-11-13-10-14(19)8-9-17(13)22/h4-11,16,22H,12H2,1-3H3/t16-/m1/s1. The molecular formula is C18H21BrN2O2. The van der Waals surface area contributed by atoms with Crippen LogP contribution in [0.1, 0.15) is 17.2 Å². The van der Waals surface area contributed by atoms with Crippen molar-refractivity contribution in [2.24, 2.45) is 4.99 Å². The lowest BCUT2D eigenvalue weighted by Crippen LogP contribution is -2.23. The summed E-state index contributed by atoms with van der Waals surface area (Å²) in [5.74, 6) is 1.07. The van der Waals surface area contributed by atoms with E-state index in [4.69, 9.17) is 4.74 Å². The van der Waals surface area contributed by atoms with Crippen LogP contribution in [-0.4, -0.2) is 44.0 Å². The Hall–Kier alpha value is -1.85. The van der Waals surface area contributed by atoms with Crippen LogP contribution < -0.4 is 4.74 Å². The largest absolute Gasteiger partial charge is 0.507 e. The molecule has 1 N–H and O–H groups in total. The molecule has 2 aromatic rings. The number of methoxy groups -OCH3 is 1. The van der Waals surface area contributed by atoms with Crippen molar-refractivity contribution in [1.82, 2.24) is 4.90 Å². The number of hydrogen-bond acceptors (Lipinski definition) is 4. The Morgan fingerprint density at radius 1 is 1.26 bits per heavy atom. The zero-order chi connectivity index (χ0) is 16.8. The first-order valence-electron chi connectivity index (χ1n) is 7.30. The fraction of sp³-hybridized carbons (Fsp3) is 0.278. The van der Waals surface area contributed by atoms with Gasteiger partial charge in [0, 0.05) is 21.8 Å². The Morgan fingerprint density at radius 2 is 2.00 bits per heavy atom. The van der Waals surface area contributed by atoms with Gasteiger partial charge in [-0.3, -0.25) is 4.99 Å². The summed E-state index contributed by atoms with van der Waals surface area (Å²) < 4.78 is 6.36. The van der Waals surface area contributed by atoms with Crippen molar-refractivity contribution in [3.05, 3.63) is 58.1 Å². The maximum absolute atomic E-state index is 9.87. The van der Waals surface area contributed by atoms with Crippen LogP contribution in [0.2, 0.25) is 0 Å². The number of halogens is 1. The number of likely N-dealkylation sites (N-methyl/N-ethyl adjacent to an activating group) is 1. The van der Waals surface area contributed by atoms with Crippen LogP contribution in [0.3, 0.4) is 0 Å². The highest BCUT2D eigenvalue weighted by Crippen LogP contribution is 2.28. The van der Waals surface area contributed by atoms with Crippen molar-refractivity contribution >= 4 is 22.1 Å². The van der Waals surface area contributed by atoms with E-state index in [9.17, 15) is 5.11 Å². The summed E-state index contributed by atoms with van der Waals surface area (Å²) >= 11 is 3.40. The zero-order valence-electron chi connectivity index (χ0n) is 13.5. The highest BCUT2D eigenvalue weighted by molar-refractivity contribution is 9.10. The van der Waals surface area contributed by atoms with Crippen molar-refractivity contribution in [3.63, 3.8) is 0 Å². The van der Waals surface area contributed by atoms with Gasteiger partial charge >= 0.3 is 0 Å². The predicted octanol–water partition coefficient (Wildman–Crippen LogP) is 3.89. The van der Waals surface area contributed by atoms with Gasteiger partial charge in [-0.1, -0.05) is 34.1 Å². The van der Waals surface area contributed by atoms with Crippen molar-refractivity contribution in [2.75, 3.05) is 27.7 Å². The van der Waals surface area contributed by atoms with Gasteiger partial charge in [0.2, 0.25) is 0 Å². The molecule has 0 aliphatic carbocycles. The average Bonchev–Trinajstić information content (AvgIpc) is 2.54. The van der Waals surface area contributed by atoms with Gasteiger partial charge in [-0.2, -0.15) is 0 Å². The molecule has 0 aromatic heterocycles. The van der Waals surface area contributed by atoms with Crippen LogP contribution in [0, 0.1) is 0 Å². The quantitative estimate of drug-likeness (QED) is 0.777. The van der Waals surface area contributed by atoms with Crippen molar-refractivity contribution in [1.29, 1.82) is 0 Å². The number of aromatic hydroxyl groups is 1. The SMILES string of the molecule is COc1ccccc1[C@@H](CN=Cc1cc(Br)ccc1O)N(C)C. The molecule has 0 spiro atoms. The van der Waals surface area contributed by atoms with Gasteiger partial charge in [0.05, 0.1) is 19.7 Å². The predicted molar refractivity (Wildman–Crippen MR) is 97.7 cm³/mol. The number of rotatable bonds is 6. The normalized spacial score (nSPS) is 12.7. The van der Waals surface area contributed by atoms with Gasteiger partial charge in [-0.25, -0.2) is 0 Å². The zero-order valence-corrected chi connectivity index (χ0v) is 15.1. The Labute approximate surface area is 145 Å². The molecule has 122 valence electrons. The Morgan fingerprint density at radius 3 is 2.70 bits per heavy atom. The van der Waals surface area contributed by atoms with Crippen molar-refractivity contribution in [3.8, 4) is 11.5 Å². The monoisotopic (exact) mass is 376 g/mol. The van der Waals surface area contributed by atoms with E-state index in [0.717, 1.165) is 15.8 Å². The molecule has 0 saturated heterocycles. The van der Waals surface area contributed by atoms with Crippen LogP contribution in [-0.2, 0) is 0 Å². The molecule has 4 nitrogen and oxygen atoms in total. The molecule has 0 heterocycles. The van der Waals surface area contributed by atoms with Gasteiger partial charge in [-0.15, -0.1) is 0 Å². The number of benzene rings is 2. The Bertz CT molecular complexity index is 686. The smallest absolute Gasteiger partial charge is 0.124 e. The molecule has 0 fully saturated rings. The van der Waals surface area contributed by atoms with E-state index in [1.54, 1.807) is 25.5 Å². The van der Waals surface area contributed by atoms with E-state index in [-0.39, 0.29) is 11.8 Å². The number of ether oxygens (including phenoxy) is 1. The molecule has 5 heteroatoms. The first-order chi connectivity index (χ1) is 11.0. The second-order valence-corrected chi connectivity index (χ2v) is 6.33. The molecule has 0 aliphatic rings. The van der Waals surface area contributed by atoms with Crippen LogP contribution in [0.15, 0.2) is 51.9 Å². The second kappa shape index (κ2) is 8.13. The molecule has 23 heavy (non-hydrogen) atoms.